The van der Waals surface area contributed by atoms with E-state index in [1.165, 1.54) is 11.6 Å². The average molecular weight is 361 g/mol. The van der Waals surface area contributed by atoms with Gasteiger partial charge in [0.25, 0.3) is 0 Å². The Balaban J connectivity index is 1.64. The maximum atomic E-state index is 13.3. The number of rotatable bonds is 2. The quantitative estimate of drug-likeness (QED) is 0.872. The van der Waals surface area contributed by atoms with Crippen LogP contribution in [0.5, 0.6) is 0 Å². The van der Waals surface area contributed by atoms with E-state index in [-0.39, 0.29) is 17.0 Å². The Labute approximate surface area is 150 Å². The van der Waals surface area contributed by atoms with Gasteiger partial charge in [-0.3, -0.25) is 5.32 Å². The fraction of sp³-hybridized carbons (Fsp3) is 0.278. The summed E-state index contributed by atoms with van der Waals surface area (Å²) in [6.07, 6.45) is 4.33. The van der Waals surface area contributed by atoms with Crippen molar-refractivity contribution >= 4 is 29.5 Å². The van der Waals surface area contributed by atoms with Crippen molar-refractivity contribution in [1.29, 1.82) is 0 Å². The molecule has 7 heteroatoms. The van der Waals surface area contributed by atoms with Gasteiger partial charge in [0.05, 0.1) is 5.02 Å². The van der Waals surface area contributed by atoms with Crippen molar-refractivity contribution in [3.05, 3.63) is 58.5 Å². The van der Waals surface area contributed by atoms with Gasteiger partial charge in [0, 0.05) is 19.3 Å². The number of carbonyl (C=O) groups excluding carboxylic acids is 1. The van der Waals surface area contributed by atoms with E-state index in [0.717, 1.165) is 12.0 Å². The smallest absolute Gasteiger partial charge is 0.323 e. The van der Waals surface area contributed by atoms with Gasteiger partial charge in [0.2, 0.25) is 0 Å². The summed E-state index contributed by atoms with van der Waals surface area (Å²) >= 11 is 5.83. The van der Waals surface area contributed by atoms with Gasteiger partial charge in [-0.25, -0.2) is 9.18 Å². The molecule has 0 bridgehead atoms. The molecule has 0 radical (unpaired) electrons. The summed E-state index contributed by atoms with van der Waals surface area (Å²) in [6.45, 7) is 3.28. The van der Waals surface area contributed by atoms with Crippen molar-refractivity contribution < 1.29 is 9.18 Å². The van der Waals surface area contributed by atoms with Crippen LogP contribution in [0.2, 0.25) is 5.02 Å². The summed E-state index contributed by atoms with van der Waals surface area (Å²) in [4.78, 5) is 14.1. The minimum absolute atomic E-state index is 0.114. The largest absolute Gasteiger partial charge is 0.324 e. The van der Waals surface area contributed by atoms with Crippen LogP contribution >= 0.6 is 11.6 Å². The Morgan fingerprint density at radius 1 is 1.44 bits per heavy atom. The zero-order chi connectivity index (χ0) is 17.8. The molecule has 1 unspecified atom stereocenters. The van der Waals surface area contributed by atoms with Crippen LogP contribution in [0.25, 0.3) is 6.08 Å². The maximum Gasteiger partial charge on any atom is 0.323 e. The lowest BCUT2D eigenvalue weighted by atomic mass is 9.91. The first-order valence-electron chi connectivity index (χ1n) is 8.02. The molecular weight excluding hydrogens is 343 g/mol. The van der Waals surface area contributed by atoms with E-state index in [4.69, 9.17) is 11.6 Å². The topological polar surface area (TPSA) is 58.1 Å². The van der Waals surface area contributed by atoms with Crippen molar-refractivity contribution in [2.75, 3.05) is 18.4 Å². The molecule has 0 aliphatic carbocycles. The fourth-order valence-corrected chi connectivity index (χ4v) is 3.01. The van der Waals surface area contributed by atoms with Gasteiger partial charge < -0.3 is 4.90 Å². The Kier molecular flexibility index (Phi) is 5.28. The van der Waals surface area contributed by atoms with Crippen LogP contribution in [0.4, 0.5) is 15.0 Å². The number of nitrogens with zero attached hydrogens (tertiary/aromatic N) is 3. The number of benzene rings is 1. The predicted molar refractivity (Wildman–Crippen MR) is 95.8 cm³/mol. The number of hydrogen-bond acceptors (Lipinski definition) is 3. The minimum atomic E-state index is -0.424. The lowest BCUT2D eigenvalue weighted by molar-refractivity contribution is 0.197. The van der Waals surface area contributed by atoms with Crippen molar-refractivity contribution in [2.45, 2.75) is 13.3 Å². The normalized spacial score (nSPS) is 19.1. The lowest BCUT2D eigenvalue weighted by Crippen LogP contribution is -2.42. The number of aromatic nitrogens is 2. The maximum absolute atomic E-state index is 13.3. The third-order valence-corrected chi connectivity index (χ3v) is 4.48. The highest BCUT2D eigenvalue weighted by Crippen LogP contribution is 2.26. The molecule has 130 valence electrons. The van der Waals surface area contributed by atoms with E-state index in [9.17, 15) is 9.18 Å². The van der Waals surface area contributed by atoms with Gasteiger partial charge in [0.1, 0.15) is 5.82 Å². The van der Waals surface area contributed by atoms with Crippen LogP contribution in [0.3, 0.4) is 0 Å². The summed E-state index contributed by atoms with van der Waals surface area (Å²) < 4.78 is 13.3. The number of carbonyl (C=O) groups is 1. The van der Waals surface area contributed by atoms with Crippen LogP contribution in [0.15, 0.2) is 42.1 Å². The van der Waals surface area contributed by atoms with Crippen LogP contribution in [0.1, 0.15) is 18.9 Å². The third kappa shape index (κ3) is 4.33. The predicted octanol–water partition coefficient (Wildman–Crippen LogP) is 4.23. The zero-order valence-electron chi connectivity index (χ0n) is 13.7. The molecule has 2 heterocycles. The van der Waals surface area contributed by atoms with Crippen LogP contribution in [-0.4, -0.2) is 34.2 Å². The molecule has 1 N–H and O–H groups in total. The molecule has 2 aromatic rings. The van der Waals surface area contributed by atoms with Gasteiger partial charge in [0.15, 0.2) is 5.82 Å². The van der Waals surface area contributed by atoms with Crippen molar-refractivity contribution in [3.8, 4) is 0 Å². The number of nitrogens with one attached hydrogen (secondary N) is 1. The Bertz CT molecular complexity index is 797. The lowest BCUT2D eigenvalue weighted by Gasteiger charge is -2.33. The SMILES string of the molecule is CC1CN(C(=O)Nc2cccnn2)CCC1=Cc1ccc(F)c(Cl)c1. The second kappa shape index (κ2) is 7.61. The Morgan fingerprint density at radius 3 is 2.96 bits per heavy atom. The number of urea groups is 1. The van der Waals surface area contributed by atoms with Crippen molar-refractivity contribution in [2.24, 2.45) is 5.92 Å². The number of hydrogen-bond donors (Lipinski definition) is 1. The molecule has 1 aromatic heterocycles. The first-order valence-corrected chi connectivity index (χ1v) is 8.40. The Hall–Kier alpha value is -2.47. The van der Waals surface area contributed by atoms with Crippen molar-refractivity contribution in [1.82, 2.24) is 15.1 Å². The second-order valence-electron chi connectivity index (χ2n) is 6.03. The molecule has 0 saturated carbocycles. The zero-order valence-corrected chi connectivity index (χ0v) is 14.5. The molecule has 25 heavy (non-hydrogen) atoms. The summed E-state index contributed by atoms with van der Waals surface area (Å²) in [7, 11) is 0. The van der Waals surface area contributed by atoms with Crippen LogP contribution in [0, 0.1) is 11.7 Å². The molecule has 0 spiro atoms. The molecule has 1 aliphatic rings. The average Bonchev–Trinajstić information content (AvgIpc) is 2.60. The van der Waals surface area contributed by atoms with Gasteiger partial charge in [-0.2, -0.15) is 5.10 Å². The van der Waals surface area contributed by atoms with E-state index in [1.54, 1.807) is 35.4 Å². The first-order chi connectivity index (χ1) is 12.0. The molecule has 3 rings (SSSR count). The molecule has 1 aromatic carbocycles. The summed E-state index contributed by atoms with van der Waals surface area (Å²) in [5.41, 5.74) is 2.08. The molecule has 1 fully saturated rings. The van der Waals surface area contributed by atoms with Gasteiger partial charge >= 0.3 is 6.03 Å². The van der Waals surface area contributed by atoms with Crippen molar-refractivity contribution in [3.63, 3.8) is 0 Å². The highest BCUT2D eigenvalue weighted by atomic mass is 35.5. The van der Waals surface area contributed by atoms with Gasteiger partial charge in [-0.1, -0.05) is 36.2 Å². The summed E-state index contributed by atoms with van der Waals surface area (Å²) in [6, 6.07) is 7.91. The number of halogens is 2. The highest BCUT2D eigenvalue weighted by molar-refractivity contribution is 6.30. The van der Waals surface area contributed by atoms with Crippen LogP contribution < -0.4 is 5.32 Å². The monoisotopic (exact) mass is 360 g/mol. The molecule has 1 aliphatic heterocycles. The van der Waals surface area contributed by atoms with Gasteiger partial charge in [-0.15, -0.1) is 5.10 Å². The number of piperidine rings is 1. The van der Waals surface area contributed by atoms with E-state index >= 15 is 0 Å². The highest BCUT2D eigenvalue weighted by Gasteiger charge is 2.24. The molecule has 1 atom stereocenters. The first kappa shape index (κ1) is 17.4. The summed E-state index contributed by atoms with van der Waals surface area (Å²) in [5, 5.41) is 10.5. The molecule has 2 amide bonds. The van der Waals surface area contributed by atoms with Gasteiger partial charge in [-0.05, 0) is 42.2 Å². The number of amides is 2. The third-order valence-electron chi connectivity index (χ3n) is 4.19. The van der Waals surface area contributed by atoms with E-state index in [1.807, 2.05) is 6.08 Å². The molecule has 1 saturated heterocycles. The second-order valence-corrected chi connectivity index (χ2v) is 6.44. The minimum Gasteiger partial charge on any atom is -0.324 e. The van der Waals surface area contributed by atoms with E-state index in [0.29, 0.717) is 18.9 Å². The fourth-order valence-electron chi connectivity index (χ4n) is 2.82. The molecule has 5 nitrogen and oxygen atoms in total. The standard InChI is InChI=1S/C18H18ClFN4O/c1-12-11-24(18(25)22-17-3-2-7-21-23-17)8-6-14(12)9-13-4-5-16(20)15(19)10-13/h2-5,7,9-10,12H,6,8,11H2,1H3,(H,22,23,25). The van der Waals surface area contributed by atoms with Crippen LogP contribution in [-0.2, 0) is 0 Å². The number of anilines is 1. The van der Waals surface area contributed by atoms with E-state index in [2.05, 4.69) is 22.4 Å². The molecular formula is C18H18ClFN4O. The van der Waals surface area contributed by atoms with E-state index < -0.39 is 5.82 Å². The summed E-state index contributed by atoms with van der Waals surface area (Å²) in [5.74, 6) is 0.208. The Morgan fingerprint density at radius 2 is 2.28 bits per heavy atom. The number of likely N-dealkylation sites (tertiary alicyclic amines) is 1.